The highest BCUT2D eigenvalue weighted by Gasteiger charge is 2.69. The van der Waals surface area contributed by atoms with Gasteiger partial charge < -0.3 is 30.6 Å². The summed E-state index contributed by atoms with van der Waals surface area (Å²) in [6.45, 7) is 8.84. The smallest absolute Gasteiger partial charge is 0.0839 e. The van der Waals surface area contributed by atoms with Crippen molar-refractivity contribution in [2.24, 2.45) is 52.3 Å². The van der Waals surface area contributed by atoms with Crippen LogP contribution in [0.5, 0.6) is 0 Å². The van der Waals surface area contributed by atoms with Gasteiger partial charge in [0.05, 0.1) is 30.5 Å². The first-order chi connectivity index (χ1) is 15.5. The summed E-state index contributed by atoms with van der Waals surface area (Å²) < 4.78 is 0. The van der Waals surface area contributed by atoms with Crippen LogP contribution in [0.1, 0.15) is 79.1 Å². The number of aliphatic hydroxyl groups excluding tert-OH is 6. The van der Waals surface area contributed by atoms with Crippen LogP contribution in [0.25, 0.3) is 0 Å². The fourth-order valence-corrected chi connectivity index (χ4v) is 9.40. The van der Waals surface area contributed by atoms with Gasteiger partial charge in [0.15, 0.2) is 0 Å². The summed E-state index contributed by atoms with van der Waals surface area (Å²) in [4.78, 5) is 0. The van der Waals surface area contributed by atoms with Crippen molar-refractivity contribution in [1.82, 2.24) is 0 Å². The van der Waals surface area contributed by atoms with Gasteiger partial charge in [0, 0.05) is 6.61 Å². The number of hydrogen-bond acceptors (Lipinski definition) is 6. The Kier molecular flexibility index (Phi) is 7.30. The minimum absolute atomic E-state index is 0.0501. The fourth-order valence-electron chi connectivity index (χ4n) is 9.40. The Hall–Kier alpha value is -0.240. The van der Waals surface area contributed by atoms with E-state index in [2.05, 4.69) is 20.8 Å². The van der Waals surface area contributed by atoms with Crippen molar-refractivity contribution in [2.75, 3.05) is 6.61 Å². The van der Waals surface area contributed by atoms with E-state index in [1.807, 2.05) is 6.92 Å². The summed E-state index contributed by atoms with van der Waals surface area (Å²) in [5.41, 5.74) is -0.460. The Morgan fingerprint density at radius 1 is 0.788 bits per heavy atom. The van der Waals surface area contributed by atoms with E-state index < -0.39 is 30.5 Å². The lowest BCUT2D eigenvalue weighted by atomic mass is 9.43. The summed E-state index contributed by atoms with van der Waals surface area (Å²) >= 11 is 0. The lowest BCUT2D eigenvalue weighted by Gasteiger charge is -2.63. The zero-order valence-corrected chi connectivity index (χ0v) is 21.0. The zero-order chi connectivity index (χ0) is 24.3. The third kappa shape index (κ3) is 4.01. The molecule has 14 atom stereocenters. The minimum atomic E-state index is -0.940. The quantitative estimate of drug-likeness (QED) is 0.356. The molecule has 0 heterocycles. The zero-order valence-electron chi connectivity index (χ0n) is 21.0. The topological polar surface area (TPSA) is 121 Å². The molecular formula is C27H48O6. The average molecular weight is 469 g/mol. The molecule has 0 bridgehead atoms. The second kappa shape index (κ2) is 9.33. The van der Waals surface area contributed by atoms with Crippen LogP contribution in [0, 0.1) is 52.3 Å². The average Bonchev–Trinajstić information content (AvgIpc) is 2.98. The molecule has 6 heteroatoms. The molecule has 192 valence electrons. The van der Waals surface area contributed by atoms with Gasteiger partial charge in [0.1, 0.15) is 0 Å². The molecule has 0 aromatic carbocycles. The molecule has 0 radical (unpaired) electrons. The molecule has 4 aliphatic carbocycles. The molecule has 0 saturated heterocycles. The fraction of sp³-hybridized carbons (Fsp3) is 1.00. The van der Waals surface area contributed by atoms with E-state index in [9.17, 15) is 30.6 Å². The Morgan fingerprint density at radius 2 is 1.45 bits per heavy atom. The molecule has 0 aromatic rings. The Bertz CT molecular complexity index is 688. The summed E-state index contributed by atoms with van der Waals surface area (Å²) in [6.07, 6.45) is 2.78. The third-order valence-electron chi connectivity index (χ3n) is 11.2. The largest absolute Gasteiger partial charge is 0.396 e. The van der Waals surface area contributed by atoms with Gasteiger partial charge in [-0.05, 0) is 90.8 Å². The van der Waals surface area contributed by atoms with E-state index in [1.54, 1.807) is 0 Å². The molecule has 4 fully saturated rings. The van der Waals surface area contributed by atoms with E-state index in [4.69, 9.17) is 0 Å². The molecule has 0 spiro atoms. The standard InChI is InChI=1S/C27H48O6/c1-14(13-28)6-5-7-15(2)20-24(32)25(33)21-19-17(9-11-27(20,21)4)26(3)10-8-16(29)12-18(26)22(30)23(19)31/h14-25,28-33H,5-13H2,1-4H3/t14-,15+,16-,17?,18+,19?,20-,21?,22-,23-,24+,25+,26+,27+/m0/s1. The lowest BCUT2D eigenvalue weighted by Crippen LogP contribution is -2.65. The number of rotatable bonds is 6. The summed E-state index contributed by atoms with van der Waals surface area (Å²) in [7, 11) is 0. The van der Waals surface area contributed by atoms with E-state index in [1.165, 1.54) is 0 Å². The molecule has 6 nitrogen and oxygen atoms in total. The van der Waals surface area contributed by atoms with Crippen molar-refractivity contribution in [2.45, 2.75) is 110 Å². The summed E-state index contributed by atoms with van der Waals surface area (Å²) in [6, 6.07) is 0. The Labute approximate surface area is 199 Å². The van der Waals surface area contributed by atoms with Crippen LogP contribution in [-0.4, -0.2) is 67.8 Å². The van der Waals surface area contributed by atoms with Gasteiger partial charge in [-0.25, -0.2) is 0 Å². The predicted octanol–water partition coefficient (Wildman–Crippen LogP) is 2.32. The first-order valence-electron chi connectivity index (χ1n) is 13.5. The number of hydrogen-bond donors (Lipinski definition) is 6. The van der Waals surface area contributed by atoms with Crippen molar-refractivity contribution in [3.8, 4) is 0 Å². The third-order valence-corrected chi connectivity index (χ3v) is 11.2. The van der Waals surface area contributed by atoms with Crippen LogP contribution in [0.4, 0.5) is 0 Å². The second-order valence-corrected chi connectivity index (χ2v) is 13.0. The van der Waals surface area contributed by atoms with Gasteiger partial charge in [0.2, 0.25) is 0 Å². The normalized spacial score (nSPS) is 53.6. The van der Waals surface area contributed by atoms with Gasteiger partial charge >= 0.3 is 0 Å². The molecule has 0 aliphatic heterocycles. The van der Waals surface area contributed by atoms with E-state index >= 15 is 0 Å². The van der Waals surface area contributed by atoms with Crippen molar-refractivity contribution in [3.05, 3.63) is 0 Å². The van der Waals surface area contributed by atoms with Gasteiger partial charge in [-0.2, -0.15) is 0 Å². The minimum Gasteiger partial charge on any atom is -0.396 e. The van der Waals surface area contributed by atoms with Crippen LogP contribution < -0.4 is 0 Å². The molecule has 33 heavy (non-hydrogen) atoms. The molecule has 0 amide bonds. The molecular weight excluding hydrogens is 420 g/mol. The highest BCUT2D eigenvalue weighted by molar-refractivity contribution is 5.17. The van der Waals surface area contributed by atoms with Gasteiger partial charge in [-0.15, -0.1) is 0 Å². The van der Waals surface area contributed by atoms with Crippen molar-refractivity contribution >= 4 is 0 Å². The first kappa shape index (κ1) is 25.8. The number of fused-ring (bicyclic) bond motifs is 5. The summed E-state index contributed by atoms with van der Waals surface area (Å²) in [5, 5.41) is 64.8. The van der Waals surface area contributed by atoms with Crippen molar-refractivity contribution < 1.29 is 30.6 Å². The predicted molar refractivity (Wildman–Crippen MR) is 126 cm³/mol. The van der Waals surface area contributed by atoms with Gasteiger partial charge in [0.25, 0.3) is 0 Å². The number of aliphatic hydroxyl groups is 6. The monoisotopic (exact) mass is 468 g/mol. The highest BCUT2D eigenvalue weighted by atomic mass is 16.3. The molecule has 4 rings (SSSR count). The Balaban J connectivity index is 1.60. The van der Waals surface area contributed by atoms with E-state index in [0.29, 0.717) is 6.42 Å². The van der Waals surface area contributed by atoms with E-state index in [0.717, 1.165) is 44.9 Å². The SMILES string of the molecule is C[C@H](CO)CCC[C@@H](C)[C@H]1[C@@H](O)[C@H](O)C2C3C(CC[C@@]21C)[C@@]1(C)CC[C@H](O)C[C@@H]1[C@H](O)[C@H]3O. The lowest BCUT2D eigenvalue weighted by molar-refractivity contribution is -0.230. The van der Waals surface area contributed by atoms with Crippen LogP contribution >= 0.6 is 0 Å². The van der Waals surface area contributed by atoms with Gasteiger partial charge in [-0.1, -0.05) is 40.5 Å². The van der Waals surface area contributed by atoms with Crippen molar-refractivity contribution in [3.63, 3.8) is 0 Å². The molecule has 3 unspecified atom stereocenters. The first-order valence-corrected chi connectivity index (χ1v) is 13.5. The highest BCUT2D eigenvalue weighted by Crippen LogP contribution is 2.68. The van der Waals surface area contributed by atoms with E-state index in [-0.39, 0.29) is 58.9 Å². The maximum absolute atomic E-state index is 11.4. The summed E-state index contributed by atoms with van der Waals surface area (Å²) in [5.74, 6) is 0.00526. The maximum Gasteiger partial charge on any atom is 0.0839 e. The second-order valence-electron chi connectivity index (χ2n) is 13.0. The van der Waals surface area contributed by atoms with Crippen LogP contribution in [0.2, 0.25) is 0 Å². The van der Waals surface area contributed by atoms with Crippen molar-refractivity contribution in [1.29, 1.82) is 0 Å². The Morgan fingerprint density at radius 3 is 2.12 bits per heavy atom. The molecule has 4 saturated carbocycles. The molecule has 0 aromatic heterocycles. The van der Waals surface area contributed by atoms with Crippen LogP contribution in [0.15, 0.2) is 0 Å². The molecule has 4 aliphatic rings. The maximum atomic E-state index is 11.4. The van der Waals surface area contributed by atoms with Gasteiger partial charge in [-0.3, -0.25) is 0 Å². The molecule has 6 N–H and O–H groups in total. The van der Waals surface area contributed by atoms with Crippen LogP contribution in [-0.2, 0) is 0 Å². The van der Waals surface area contributed by atoms with Crippen LogP contribution in [0.3, 0.4) is 0 Å².